The summed E-state index contributed by atoms with van der Waals surface area (Å²) in [6, 6.07) is 6.79. The van der Waals surface area contributed by atoms with Crippen molar-refractivity contribution < 1.29 is 38.5 Å². The molecule has 1 aromatic rings. The molecule has 0 radical (unpaired) electrons. The summed E-state index contributed by atoms with van der Waals surface area (Å²) in [5, 5.41) is 9.31. The van der Waals surface area contributed by atoms with Crippen LogP contribution in [0.15, 0.2) is 24.3 Å². The lowest BCUT2D eigenvalue weighted by atomic mass is 10.1. The van der Waals surface area contributed by atoms with Crippen LogP contribution in [0, 0.1) is 0 Å². The Balaban J connectivity index is 1.84. The van der Waals surface area contributed by atoms with E-state index in [0.29, 0.717) is 24.5 Å². The second kappa shape index (κ2) is 8.36. The first kappa shape index (κ1) is 19.8. The third-order valence-electron chi connectivity index (χ3n) is 4.37. The van der Waals surface area contributed by atoms with Gasteiger partial charge in [-0.05, 0) is 18.2 Å². The van der Waals surface area contributed by atoms with Crippen LogP contribution < -0.4 is 9.80 Å². The number of esters is 1. The van der Waals surface area contributed by atoms with Gasteiger partial charge in [0.15, 0.2) is 6.10 Å². The number of rotatable bonds is 5. The molecule has 0 aromatic heterocycles. The lowest BCUT2D eigenvalue weighted by Gasteiger charge is -2.35. The molecule has 150 valence electrons. The first-order valence-corrected chi connectivity index (χ1v) is 8.69. The zero-order valence-electron chi connectivity index (χ0n) is 15.2. The minimum atomic E-state index is -1.74. The van der Waals surface area contributed by atoms with Gasteiger partial charge in [0.2, 0.25) is 6.10 Å². The summed E-state index contributed by atoms with van der Waals surface area (Å²) in [7, 11) is 0. The molecule has 2 amide bonds. The van der Waals surface area contributed by atoms with Crippen molar-refractivity contribution in [2.45, 2.75) is 19.1 Å². The standard InChI is InChI=1S/C18H20N2O8/c1-11(21)28-16(18(24)25)15-17(23)20(6-8-27-15)13-4-2-3-12(9-13)19-5-7-26-10-14(19)22/h2-4,9,15-16H,5-8,10H2,1H3,(H,24,25)/t15-,16?/m1/s1. The third kappa shape index (κ3) is 4.12. The molecule has 10 heteroatoms. The molecule has 28 heavy (non-hydrogen) atoms. The van der Waals surface area contributed by atoms with Crippen LogP contribution in [0.2, 0.25) is 0 Å². The fourth-order valence-corrected chi connectivity index (χ4v) is 3.12. The van der Waals surface area contributed by atoms with Crippen molar-refractivity contribution in [2.75, 3.05) is 42.7 Å². The van der Waals surface area contributed by atoms with Gasteiger partial charge in [-0.15, -0.1) is 0 Å². The second-order valence-electron chi connectivity index (χ2n) is 6.27. The van der Waals surface area contributed by atoms with Crippen LogP contribution in [-0.2, 0) is 33.4 Å². The number of morpholine rings is 2. The van der Waals surface area contributed by atoms with Gasteiger partial charge in [0, 0.05) is 31.4 Å². The van der Waals surface area contributed by atoms with Crippen LogP contribution in [0.3, 0.4) is 0 Å². The Kier molecular flexibility index (Phi) is 5.90. The molecule has 10 nitrogen and oxygen atoms in total. The molecule has 1 aromatic carbocycles. The molecule has 3 rings (SSSR count). The van der Waals surface area contributed by atoms with Crippen LogP contribution in [0.25, 0.3) is 0 Å². The molecule has 0 bridgehead atoms. The summed E-state index contributed by atoms with van der Waals surface area (Å²) >= 11 is 0. The molecule has 2 aliphatic rings. The molecule has 0 saturated carbocycles. The summed E-state index contributed by atoms with van der Waals surface area (Å²) in [4.78, 5) is 50.5. The highest BCUT2D eigenvalue weighted by molar-refractivity contribution is 6.01. The molecule has 2 atom stereocenters. The highest BCUT2D eigenvalue weighted by Gasteiger charge is 2.42. The van der Waals surface area contributed by atoms with Gasteiger partial charge in [-0.2, -0.15) is 0 Å². The lowest BCUT2D eigenvalue weighted by molar-refractivity contribution is -0.177. The van der Waals surface area contributed by atoms with Gasteiger partial charge in [-0.3, -0.25) is 14.4 Å². The Morgan fingerprint density at radius 2 is 1.86 bits per heavy atom. The lowest BCUT2D eigenvalue weighted by Crippen LogP contribution is -2.55. The molecule has 1 unspecified atom stereocenters. The van der Waals surface area contributed by atoms with Crippen LogP contribution >= 0.6 is 0 Å². The number of ether oxygens (including phenoxy) is 3. The summed E-state index contributed by atoms with van der Waals surface area (Å²) in [5.41, 5.74) is 1.10. The number of benzene rings is 1. The van der Waals surface area contributed by atoms with E-state index in [1.165, 1.54) is 4.90 Å². The van der Waals surface area contributed by atoms with E-state index < -0.39 is 30.1 Å². The number of anilines is 2. The van der Waals surface area contributed by atoms with Crippen molar-refractivity contribution in [1.82, 2.24) is 0 Å². The van der Waals surface area contributed by atoms with Gasteiger partial charge >= 0.3 is 11.9 Å². The van der Waals surface area contributed by atoms with Crippen molar-refractivity contribution in [3.63, 3.8) is 0 Å². The van der Waals surface area contributed by atoms with E-state index in [9.17, 15) is 24.3 Å². The normalized spacial score (nSPS) is 21.4. The summed E-state index contributed by atoms with van der Waals surface area (Å²) in [6.45, 7) is 2.13. The monoisotopic (exact) mass is 392 g/mol. The summed E-state index contributed by atoms with van der Waals surface area (Å²) in [6.07, 6.45) is -3.19. The molecule has 0 spiro atoms. The summed E-state index contributed by atoms with van der Waals surface area (Å²) < 4.78 is 15.2. The van der Waals surface area contributed by atoms with E-state index in [-0.39, 0.29) is 25.7 Å². The predicted molar refractivity (Wildman–Crippen MR) is 94.9 cm³/mol. The van der Waals surface area contributed by atoms with Crippen molar-refractivity contribution in [3.05, 3.63) is 24.3 Å². The molecule has 0 aliphatic carbocycles. The molecular weight excluding hydrogens is 372 g/mol. The minimum Gasteiger partial charge on any atom is -0.478 e. The first-order chi connectivity index (χ1) is 13.4. The zero-order chi connectivity index (χ0) is 20.3. The number of hydrogen-bond donors (Lipinski definition) is 1. The number of amides is 2. The molecule has 2 saturated heterocycles. The van der Waals surface area contributed by atoms with E-state index in [1.54, 1.807) is 29.2 Å². The largest absolute Gasteiger partial charge is 0.478 e. The SMILES string of the molecule is CC(=O)OC(C(=O)O)[C@H]1OCCN(c2cccc(N3CCOCC3=O)c2)C1=O. The maximum Gasteiger partial charge on any atom is 0.348 e. The molecule has 2 aliphatic heterocycles. The van der Waals surface area contributed by atoms with Crippen LogP contribution in [0.5, 0.6) is 0 Å². The number of hydrogen-bond acceptors (Lipinski definition) is 7. The fourth-order valence-electron chi connectivity index (χ4n) is 3.12. The smallest absolute Gasteiger partial charge is 0.348 e. The van der Waals surface area contributed by atoms with Crippen molar-refractivity contribution in [1.29, 1.82) is 0 Å². The minimum absolute atomic E-state index is 0.00847. The Hall–Kier alpha value is -2.98. The third-order valence-corrected chi connectivity index (χ3v) is 4.37. The number of carboxylic acids is 1. The number of carbonyl (C=O) groups excluding carboxylic acids is 3. The van der Waals surface area contributed by atoms with E-state index >= 15 is 0 Å². The van der Waals surface area contributed by atoms with Crippen LogP contribution in [0.1, 0.15) is 6.92 Å². The number of carboxylic acid groups (broad SMARTS) is 1. The highest BCUT2D eigenvalue weighted by atomic mass is 16.6. The Morgan fingerprint density at radius 1 is 1.18 bits per heavy atom. The van der Waals surface area contributed by atoms with Crippen molar-refractivity contribution in [3.8, 4) is 0 Å². The van der Waals surface area contributed by atoms with Gasteiger partial charge in [-0.1, -0.05) is 6.07 Å². The van der Waals surface area contributed by atoms with Gasteiger partial charge in [0.25, 0.3) is 11.8 Å². The van der Waals surface area contributed by atoms with E-state index in [2.05, 4.69) is 0 Å². The van der Waals surface area contributed by atoms with Crippen molar-refractivity contribution >= 4 is 35.1 Å². The molecule has 1 N–H and O–H groups in total. The molecule has 2 fully saturated rings. The second-order valence-corrected chi connectivity index (χ2v) is 6.27. The Labute approximate surface area is 160 Å². The van der Waals surface area contributed by atoms with Crippen molar-refractivity contribution in [2.24, 2.45) is 0 Å². The van der Waals surface area contributed by atoms with E-state index in [1.807, 2.05) is 0 Å². The molecular formula is C18H20N2O8. The first-order valence-electron chi connectivity index (χ1n) is 8.69. The summed E-state index contributed by atoms with van der Waals surface area (Å²) in [5.74, 6) is -3.11. The fraction of sp³-hybridized carbons (Fsp3) is 0.444. The van der Waals surface area contributed by atoms with E-state index in [4.69, 9.17) is 14.2 Å². The number of nitrogens with zero attached hydrogens (tertiary/aromatic N) is 2. The maximum atomic E-state index is 12.9. The van der Waals surface area contributed by atoms with Crippen LogP contribution in [-0.4, -0.2) is 74.0 Å². The Bertz CT molecular complexity index is 796. The average Bonchev–Trinajstić information content (AvgIpc) is 2.67. The van der Waals surface area contributed by atoms with Gasteiger partial charge in [0.1, 0.15) is 6.61 Å². The van der Waals surface area contributed by atoms with Crippen LogP contribution in [0.4, 0.5) is 11.4 Å². The Morgan fingerprint density at radius 3 is 2.50 bits per heavy atom. The average molecular weight is 392 g/mol. The van der Waals surface area contributed by atoms with Gasteiger partial charge in [0.05, 0.1) is 13.2 Å². The maximum absolute atomic E-state index is 12.9. The van der Waals surface area contributed by atoms with Gasteiger partial charge in [-0.25, -0.2) is 4.79 Å². The number of carbonyl (C=O) groups is 4. The quantitative estimate of drug-likeness (QED) is 0.684. The number of aliphatic carboxylic acids is 1. The van der Waals surface area contributed by atoms with Gasteiger partial charge < -0.3 is 29.1 Å². The topological polar surface area (TPSA) is 123 Å². The molecule has 2 heterocycles. The van der Waals surface area contributed by atoms with E-state index in [0.717, 1.165) is 6.92 Å². The predicted octanol–water partition coefficient (Wildman–Crippen LogP) is -0.202. The zero-order valence-corrected chi connectivity index (χ0v) is 15.2. The highest BCUT2D eigenvalue weighted by Crippen LogP contribution is 2.27.